The molecule has 3 heterocycles. The highest BCUT2D eigenvalue weighted by Gasteiger charge is 2.29. The van der Waals surface area contributed by atoms with E-state index in [0.717, 1.165) is 31.5 Å². The fourth-order valence-corrected chi connectivity index (χ4v) is 3.00. The van der Waals surface area contributed by atoms with Gasteiger partial charge in [0, 0.05) is 25.7 Å². The van der Waals surface area contributed by atoms with Crippen LogP contribution in [0.3, 0.4) is 0 Å². The smallest absolute Gasteiger partial charge is 0.240 e. The van der Waals surface area contributed by atoms with E-state index < -0.39 is 0 Å². The summed E-state index contributed by atoms with van der Waals surface area (Å²) in [7, 11) is 0. The van der Waals surface area contributed by atoms with E-state index in [0.29, 0.717) is 12.4 Å². The Morgan fingerprint density at radius 2 is 2.05 bits per heavy atom. The Morgan fingerprint density at radius 1 is 1.20 bits per heavy atom. The van der Waals surface area contributed by atoms with Crippen LogP contribution in [0.1, 0.15) is 31.0 Å². The summed E-state index contributed by atoms with van der Waals surface area (Å²) in [6, 6.07) is 0.730. The Kier molecular flexibility index (Phi) is 7.19. The van der Waals surface area contributed by atoms with Gasteiger partial charge in [-0.2, -0.15) is 4.98 Å². The van der Waals surface area contributed by atoms with Crippen molar-refractivity contribution in [2.24, 2.45) is 5.73 Å². The third-order valence-corrected chi connectivity index (χ3v) is 3.97. The van der Waals surface area contributed by atoms with Crippen molar-refractivity contribution in [1.82, 2.24) is 19.9 Å². The maximum absolute atomic E-state index is 5.47. The van der Waals surface area contributed by atoms with Crippen LogP contribution in [0.4, 0.5) is 0 Å². The number of halogens is 2. The topological polar surface area (TPSA) is 71.4 Å². The number of fused-ring (bicyclic) bond motifs is 1. The number of piperidine rings is 1. The van der Waals surface area contributed by atoms with E-state index in [1.807, 2.05) is 0 Å². The van der Waals surface area contributed by atoms with Crippen LogP contribution in [0.2, 0.25) is 0 Å². The minimum atomic E-state index is 0. The molecule has 116 valence electrons. The van der Waals surface area contributed by atoms with Crippen LogP contribution in [0.15, 0.2) is 4.52 Å². The molecule has 1 aromatic rings. The lowest BCUT2D eigenvalue weighted by atomic mass is 9.99. The normalized spacial score (nSPS) is 23.6. The van der Waals surface area contributed by atoms with Gasteiger partial charge in [-0.15, -0.1) is 24.8 Å². The third-order valence-electron chi connectivity index (χ3n) is 3.97. The van der Waals surface area contributed by atoms with Crippen molar-refractivity contribution >= 4 is 24.8 Å². The Morgan fingerprint density at radius 3 is 2.80 bits per heavy atom. The highest BCUT2D eigenvalue weighted by atomic mass is 35.5. The van der Waals surface area contributed by atoms with Gasteiger partial charge in [-0.1, -0.05) is 11.6 Å². The summed E-state index contributed by atoms with van der Waals surface area (Å²) in [6.45, 7) is 5.79. The maximum Gasteiger partial charge on any atom is 0.240 e. The van der Waals surface area contributed by atoms with Crippen LogP contribution in [0, 0.1) is 0 Å². The molecule has 20 heavy (non-hydrogen) atoms. The number of piperazine rings is 1. The van der Waals surface area contributed by atoms with Gasteiger partial charge in [-0.05, 0) is 19.4 Å². The fraction of sp³-hybridized carbons (Fsp3) is 0.833. The molecule has 3 rings (SSSR count). The maximum atomic E-state index is 5.47. The molecular formula is C12H23Cl2N5O. The van der Waals surface area contributed by atoms with Crippen molar-refractivity contribution in [3.8, 4) is 0 Å². The molecule has 8 heteroatoms. The van der Waals surface area contributed by atoms with E-state index in [4.69, 9.17) is 10.3 Å². The minimum absolute atomic E-state index is 0. The summed E-state index contributed by atoms with van der Waals surface area (Å²) in [5.74, 6) is 1.29. The van der Waals surface area contributed by atoms with Gasteiger partial charge in [0.25, 0.3) is 0 Å². The van der Waals surface area contributed by atoms with Gasteiger partial charge in [0.05, 0.1) is 13.1 Å². The van der Waals surface area contributed by atoms with Crippen LogP contribution >= 0.6 is 24.8 Å². The zero-order valence-corrected chi connectivity index (χ0v) is 13.2. The molecule has 1 atom stereocenters. The van der Waals surface area contributed by atoms with Crippen LogP contribution in [-0.2, 0) is 13.1 Å². The number of hydrogen-bond donors (Lipinski definition) is 1. The molecule has 1 unspecified atom stereocenters. The van der Waals surface area contributed by atoms with E-state index in [9.17, 15) is 0 Å². The van der Waals surface area contributed by atoms with Crippen molar-refractivity contribution in [2.75, 3.05) is 26.2 Å². The molecule has 2 aliphatic heterocycles. The SMILES string of the molecule is Cl.Cl.NCc1nc(CN2CCN3CCCCC3C2)no1. The van der Waals surface area contributed by atoms with E-state index in [1.165, 1.54) is 32.4 Å². The van der Waals surface area contributed by atoms with E-state index in [1.54, 1.807) is 0 Å². The lowest BCUT2D eigenvalue weighted by Gasteiger charge is -2.43. The Bertz CT molecular complexity index is 403. The number of hydrogen-bond acceptors (Lipinski definition) is 6. The first kappa shape index (κ1) is 17.7. The third kappa shape index (κ3) is 4.05. The largest absolute Gasteiger partial charge is 0.338 e. The summed E-state index contributed by atoms with van der Waals surface area (Å²) in [5.41, 5.74) is 5.47. The zero-order chi connectivity index (χ0) is 12.4. The van der Waals surface area contributed by atoms with Crippen LogP contribution in [0.5, 0.6) is 0 Å². The average Bonchev–Trinajstić information content (AvgIpc) is 2.86. The first-order chi connectivity index (χ1) is 8.85. The lowest BCUT2D eigenvalue weighted by Crippen LogP contribution is -2.54. The van der Waals surface area contributed by atoms with E-state index in [-0.39, 0.29) is 24.8 Å². The summed E-state index contributed by atoms with van der Waals surface area (Å²) in [4.78, 5) is 9.32. The first-order valence-corrected chi connectivity index (χ1v) is 6.83. The molecule has 2 saturated heterocycles. The minimum Gasteiger partial charge on any atom is -0.338 e. The summed E-state index contributed by atoms with van der Waals surface area (Å²) in [5, 5.41) is 3.96. The summed E-state index contributed by atoms with van der Waals surface area (Å²) >= 11 is 0. The standard InChI is InChI=1S/C12H21N5O.2ClH/c13-7-12-14-11(15-18-12)9-16-5-6-17-4-2-1-3-10(17)8-16;;/h10H,1-9,13H2;2*1H. The van der Waals surface area contributed by atoms with Crippen molar-refractivity contribution in [2.45, 2.75) is 38.4 Å². The molecule has 0 aromatic carbocycles. The van der Waals surface area contributed by atoms with Gasteiger partial charge < -0.3 is 10.3 Å². The monoisotopic (exact) mass is 323 g/mol. The van der Waals surface area contributed by atoms with Crippen molar-refractivity contribution in [3.05, 3.63) is 11.7 Å². The highest BCUT2D eigenvalue weighted by Crippen LogP contribution is 2.21. The second-order valence-corrected chi connectivity index (χ2v) is 5.23. The predicted octanol–water partition coefficient (Wildman–Crippen LogP) is 1.04. The Hall–Kier alpha value is -0.400. The van der Waals surface area contributed by atoms with Gasteiger partial charge in [0.15, 0.2) is 5.82 Å². The summed E-state index contributed by atoms with van der Waals surface area (Å²) < 4.78 is 5.04. The van der Waals surface area contributed by atoms with Gasteiger partial charge in [0.2, 0.25) is 5.89 Å². The fourth-order valence-electron chi connectivity index (χ4n) is 3.00. The average molecular weight is 324 g/mol. The molecule has 2 N–H and O–H groups in total. The molecule has 2 aliphatic rings. The molecule has 0 bridgehead atoms. The Balaban J connectivity index is 0.000001000. The molecule has 0 radical (unpaired) electrons. The van der Waals surface area contributed by atoms with Crippen molar-refractivity contribution in [3.63, 3.8) is 0 Å². The molecule has 0 aliphatic carbocycles. The zero-order valence-electron chi connectivity index (χ0n) is 11.5. The number of nitrogens with zero attached hydrogens (tertiary/aromatic N) is 4. The number of aromatic nitrogens is 2. The van der Waals surface area contributed by atoms with Crippen molar-refractivity contribution < 1.29 is 4.52 Å². The molecule has 0 spiro atoms. The quantitative estimate of drug-likeness (QED) is 0.896. The number of rotatable bonds is 3. The second-order valence-electron chi connectivity index (χ2n) is 5.23. The molecule has 1 aromatic heterocycles. The van der Waals surface area contributed by atoms with E-state index >= 15 is 0 Å². The van der Waals surface area contributed by atoms with Crippen LogP contribution < -0.4 is 5.73 Å². The molecule has 0 saturated carbocycles. The van der Waals surface area contributed by atoms with Crippen LogP contribution in [-0.4, -0.2) is 52.2 Å². The van der Waals surface area contributed by atoms with E-state index in [2.05, 4.69) is 19.9 Å². The Labute approximate surface area is 131 Å². The molecule has 0 amide bonds. The van der Waals surface area contributed by atoms with Gasteiger partial charge >= 0.3 is 0 Å². The number of nitrogens with two attached hydrogens (primary N) is 1. The highest BCUT2D eigenvalue weighted by molar-refractivity contribution is 5.85. The van der Waals surface area contributed by atoms with Gasteiger partial charge in [0.1, 0.15) is 0 Å². The predicted molar refractivity (Wildman–Crippen MR) is 81.2 cm³/mol. The van der Waals surface area contributed by atoms with Crippen molar-refractivity contribution in [1.29, 1.82) is 0 Å². The van der Waals surface area contributed by atoms with Gasteiger partial charge in [-0.25, -0.2) is 0 Å². The molecule has 2 fully saturated rings. The van der Waals surface area contributed by atoms with Crippen LogP contribution in [0.25, 0.3) is 0 Å². The summed E-state index contributed by atoms with van der Waals surface area (Å²) in [6.07, 6.45) is 4.06. The second kappa shape index (κ2) is 8.14. The first-order valence-electron chi connectivity index (χ1n) is 6.83. The molecular weight excluding hydrogens is 301 g/mol. The van der Waals surface area contributed by atoms with Gasteiger partial charge in [-0.3, -0.25) is 9.80 Å². The lowest BCUT2D eigenvalue weighted by molar-refractivity contribution is 0.0441. The molecule has 6 nitrogen and oxygen atoms in total.